The van der Waals surface area contributed by atoms with Crippen molar-refractivity contribution in [2.45, 2.75) is 6.42 Å². The number of aromatic nitrogens is 1. The summed E-state index contributed by atoms with van der Waals surface area (Å²) < 4.78 is 0.893. The highest BCUT2D eigenvalue weighted by Gasteiger charge is 2.05. The van der Waals surface area contributed by atoms with Crippen LogP contribution < -0.4 is 0 Å². The van der Waals surface area contributed by atoms with Crippen LogP contribution in [0.2, 0.25) is 0 Å². The van der Waals surface area contributed by atoms with Gasteiger partial charge >= 0.3 is 0 Å². The van der Waals surface area contributed by atoms with Gasteiger partial charge in [-0.2, -0.15) is 0 Å². The largest absolute Gasteiger partial charge is 0.337 e. The molecule has 0 radical (unpaired) electrons. The Morgan fingerprint density at radius 2 is 2.56 bits per heavy atom. The van der Waals surface area contributed by atoms with Gasteiger partial charge in [0.1, 0.15) is 0 Å². The fourth-order valence-corrected chi connectivity index (χ4v) is 2.15. The molecule has 0 bridgehead atoms. The van der Waals surface area contributed by atoms with Crippen molar-refractivity contribution >= 4 is 29.6 Å². The molecule has 0 fully saturated rings. The van der Waals surface area contributed by atoms with Crippen LogP contribution in [-0.4, -0.2) is 4.98 Å². The van der Waals surface area contributed by atoms with Gasteiger partial charge in [0.25, 0.3) is 0 Å². The molecule has 0 aliphatic heterocycles. The number of hydrogen-bond donors (Lipinski definition) is 1. The molecule has 1 aromatic heterocycles. The zero-order chi connectivity index (χ0) is 6.27. The van der Waals surface area contributed by atoms with Crippen LogP contribution in [0.25, 0.3) is 6.08 Å². The van der Waals surface area contributed by atoms with Crippen LogP contribution in [0.3, 0.4) is 0 Å². The number of nitrogens with one attached hydrogen (secondary N) is 1. The van der Waals surface area contributed by atoms with E-state index >= 15 is 0 Å². The van der Waals surface area contributed by atoms with E-state index in [2.05, 4.69) is 17.1 Å². The Morgan fingerprint density at radius 3 is 3.33 bits per heavy atom. The summed E-state index contributed by atoms with van der Waals surface area (Å²) in [5.74, 6) is 0. The topological polar surface area (TPSA) is 15.8 Å². The first-order chi connectivity index (χ1) is 4.36. The van der Waals surface area contributed by atoms with E-state index in [1.165, 1.54) is 10.6 Å². The van der Waals surface area contributed by atoms with Crippen LogP contribution in [-0.2, 0) is 6.42 Å². The Balaban J connectivity index is 2.75. The van der Waals surface area contributed by atoms with Crippen molar-refractivity contribution in [3.63, 3.8) is 0 Å². The monoisotopic (exact) mass is 155 g/mol. The molecule has 0 aromatic carbocycles. The minimum absolute atomic E-state index is 0.893. The van der Waals surface area contributed by atoms with Crippen molar-refractivity contribution < 1.29 is 0 Å². The minimum Gasteiger partial charge on any atom is -0.337 e. The molecule has 1 aromatic rings. The molecule has 0 saturated carbocycles. The number of thiazole rings is 1. The molecule has 1 N–H and O–H groups in total. The van der Waals surface area contributed by atoms with Gasteiger partial charge in [-0.3, -0.25) is 0 Å². The molecule has 0 spiro atoms. The summed E-state index contributed by atoms with van der Waals surface area (Å²) in [5.41, 5.74) is 1.21. The molecule has 1 aliphatic rings. The number of hydrogen-bond acceptors (Lipinski definition) is 2. The number of aromatic amines is 1. The highest BCUT2D eigenvalue weighted by molar-refractivity contribution is 7.73. The maximum atomic E-state index is 4.95. The van der Waals surface area contributed by atoms with E-state index in [4.69, 9.17) is 12.2 Å². The predicted octanol–water partition coefficient (Wildman–Crippen LogP) is 2.37. The lowest BCUT2D eigenvalue weighted by Crippen LogP contribution is -1.69. The summed E-state index contributed by atoms with van der Waals surface area (Å²) in [5, 5.41) is 0. The van der Waals surface area contributed by atoms with Crippen molar-refractivity contribution in [2.75, 3.05) is 0 Å². The predicted molar refractivity (Wildman–Crippen MR) is 42.2 cm³/mol. The smallest absolute Gasteiger partial charge is 0.159 e. The number of H-pyrrole nitrogens is 1. The SMILES string of the molecule is S=c1[nH]c2c(s1)CC=C2. The maximum absolute atomic E-state index is 4.95. The summed E-state index contributed by atoms with van der Waals surface area (Å²) in [6.45, 7) is 0. The van der Waals surface area contributed by atoms with E-state index in [-0.39, 0.29) is 0 Å². The van der Waals surface area contributed by atoms with Crippen LogP contribution in [0, 0.1) is 3.95 Å². The number of allylic oxidation sites excluding steroid dienone is 1. The molecule has 2 rings (SSSR count). The van der Waals surface area contributed by atoms with E-state index in [0.29, 0.717) is 0 Å². The maximum Gasteiger partial charge on any atom is 0.159 e. The molecular formula is C6H5NS2. The Labute approximate surface area is 62.0 Å². The van der Waals surface area contributed by atoms with Crippen LogP contribution in [0.5, 0.6) is 0 Å². The molecule has 46 valence electrons. The molecule has 0 amide bonds. The van der Waals surface area contributed by atoms with Gasteiger partial charge in [0.15, 0.2) is 3.95 Å². The highest BCUT2D eigenvalue weighted by atomic mass is 32.1. The summed E-state index contributed by atoms with van der Waals surface area (Å²) in [6.07, 6.45) is 5.29. The fraction of sp³-hybridized carbons (Fsp3) is 0.167. The van der Waals surface area contributed by atoms with E-state index < -0.39 is 0 Å². The lowest BCUT2D eigenvalue weighted by atomic mass is 10.4. The number of rotatable bonds is 0. The van der Waals surface area contributed by atoms with Crippen molar-refractivity contribution in [2.24, 2.45) is 0 Å². The average molecular weight is 155 g/mol. The van der Waals surface area contributed by atoms with Gasteiger partial charge in [0, 0.05) is 11.3 Å². The highest BCUT2D eigenvalue weighted by Crippen LogP contribution is 2.22. The average Bonchev–Trinajstić information content (AvgIpc) is 2.22. The van der Waals surface area contributed by atoms with Gasteiger partial charge < -0.3 is 4.98 Å². The van der Waals surface area contributed by atoms with Gasteiger partial charge in [0.05, 0.1) is 5.69 Å². The van der Waals surface area contributed by atoms with E-state index in [1.54, 1.807) is 11.3 Å². The summed E-state index contributed by atoms with van der Waals surface area (Å²) in [6, 6.07) is 0. The molecule has 9 heavy (non-hydrogen) atoms. The molecule has 0 atom stereocenters. The van der Waals surface area contributed by atoms with Crippen molar-refractivity contribution in [1.29, 1.82) is 0 Å². The first-order valence-electron chi connectivity index (χ1n) is 2.75. The molecule has 0 saturated heterocycles. The van der Waals surface area contributed by atoms with E-state index in [1.807, 2.05) is 0 Å². The first-order valence-corrected chi connectivity index (χ1v) is 3.97. The van der Waals surface area contributed by atoms with Crippen molar-refractivity contribution in [3.05, 3.63) is 20.6 Å². The lowest BCUT2D eigenvalue weighted by molar-refractivity contribution is 1.31. The summed E-state index contributed by atoms with van der Waals surface area (Å²) >= 11 is 6.62. The van der Waals surface area contributed by atoms with Gasteiger partial charge in [-0.05, 0) is 18.3 Å². The summed E-state index contributed by atoms with van der Waals surface area (Å²) in [7, 11) is 0. The Hall–Kier alpha value is -0.410. The molecular weight excluding hydrogens is 150 g/mol. The van der Waals surface area contributed by atoms with Crippen LogP contribution in [0.15, 0.2) is 6.08 Å². The standard InChI is InChI=1S/C6H5NS2/c8-6-7-4-2-1-3-5(4)9-6/h1-2H,3H2,(H,7,8). The second-order valence-corrected chi connectivity index (χ2v) is 3.73. The van der Waals surface area contributed by atoms with Gasteiger partial charge in [-0.25, -0.2) is 0 Å². The third kappa shape index (κ3) is 0.767. The zero-order valence-electron chi connectivity index (χ0n) is 4.68. The normalized spacial score (nSPS) is 14.2. The van der Waals surface area contributed by atoms with Gasteiger partial charge in [0.2, 0.25) is 0 Å². The second kappa shape index (κ2) is 1.78. The van der Waals surface area contributed by atoms with Crippen molar-refractivity contribution in [3.8, 4) is 0 Å². The van der Waals surface area contributed by atoms with E-state index in [0.717, 1.165) is 10.4 Å². The molecule has 3 heteroatoms. The first kappa shape index (κ1) is 5.38. The van der Waals surface area contributed by atoms with Crippen LogP contribution >= 0.6 is 23.6 Å². The fourth-order valence-electron chi connectivity index (χ4n) is 0.942. The van der Waals surface area contributed by atoms with Crippen molar-refractivity contribution in [1.82, 2.24) is 4.98 Å². The molecule has 0 unspecified atom stereocenters. The Morgan fingerprint density at radius 1 is 1.67 bits per heavy atom. The molecule has 1 aliphatic carbocycles. The molecule has 1 nitrogen and oxygen atoms in total. The third-order valence-electron chi connectivity index (χ3n) is 1.34. The lowest BCUT2D eigenvalue weighted by Gasteiger charge is -1.78. The Bertz CT molecular complexity index is 305. The van der Waals surface area contributed by atoms with E-state index in [9.17, 15) is 0 Å². The Kier molecular flexibility index (Phi) is 1.07. The quantitative estimate of drug-likeness (QED) is 0.569. The minimum atomic E-state index is 0.893. The number of fused-ring (bicyclic) bond motifs is 1. The van der Waals surface area contributed by atoms with Gasteiger partial charge in [-0.15, -0.1) is 11.3 Å². The van der Waals surface area contributed by atoms with Gasteiger partial charge in [-0.1, -0.05) is 6.08 Å². The zero-order valence-corrected chi connectivity index (χ0v) is 6.31. The summed E-state index contributed by atoms with van der Waals surface area (Å²) in [4.78, 5) is 4.48. The van der Waals surface area contributed by atoms with Crippen LogP contribution in [0.4, 0.5) is 0 Å². The molecule has 1 heterocycles. The van der Waals surface area contributed by atoms with Crippen LogP contribution in [0.1, 0.15) is 10.6 Å². The second-order valence-electron chi connectivity index (χ2n) is 1.96. The third-order valence-corrected chi connectivity index (χ3v) is 2.61.